The number of halogens is 1. The Morgan fingerprint density at radius 3 is 2.65 bits per heavy atom. The van der Waals surface area contributed by atoms with Gasteiger partial charge in [-0.05, 0) is 29.8 Å². The van der Waals surface area contributed by atoms with E-state index in [1.165, 1.54) is 24.6 Å². The average Bonchev–Trinajstić information content (AvgIpc) is 2.67. The summed E-state index contributed by atoms with van der Waals surface area (Å²) in [4.78, 5) is 0.0910. The highest BCUT2D eigenvalue weighted by atomic mass is 35.5. The third-order valence-corrected chi connectivity index (χ3v) is 6.55. The number of methoxy groups -OCH3 is 2. The minimum atomic E-state index is -3.80. The molecule has 1 unspecified atom stereocenters. The summed E-state index contributed by atoms with van der Waals surface area (Å²) in [7, 11) is -0.853. The Hall–Kier alpha value is -1.80. The van der Waals surface area contributed by atoms with Crippen molar-refractivity contribution in [2.24, 2.45) is 0 Å². The van der Waals surface area contributed by atoms with E-state index >= 15 is 0 Å². The van der Waals surface area contributed by atoms with Crippen molar-refractivity contribution in [2.45, 2.75) is 10.9 Å². The van der Waals surface area contributed by atoms with Crippen molar-refractivity contribution in [1.82, 2.24) is 9.62 Å². The molecule has 8 heteroatoms. The van der Waals surface area contributed by atoms with E-state index in [-0.39, 0.29) is 16.7 Å². The Labute approximate surface area is 158 Å². The fourth-order valence-corrected chi connectivity index (χ4v) is 5.07. The number of ether oxygens (including phenoxy) is 2. The van der Waals surface area contributed by atoms with E-state index in [1.54, 1.807) is 24.3 Å². The van der Waals surface area contributed by atoms with Crippen LogP contribution in [-0.2, 0) is 10.0 Å². The van der Waals surface area contributed by atoms with Crippen molar-refractivity contribution in [3.8, 4) is 11.5 Å². The van der Waals surface area contributed by atoms with E-state index in [9.17, 15) is 8.42 Å². The van der Waals surface area contributed by atoms with Gasteiger partial charge in [0.2, 0.25) is 10.0 Å². The number of benzene rings is 2. The molecule has 140 valence electrons. The molecule has 0 radical (unpaired) electrons. The van der Waals surface area contributed by atoms with Gasteiger partial charge in [0.25, 0.3) is 0 Å². The highest BCUT2D eigenvalue weighted by Crippen LogP contribution is 2.35. The van der Waals surface area contributed by atoms with Crippen LogP contribution in [0.15, 0.2) is 47.4 Å². The highest BCUT2D eigenvalue weighted by Gasteiger charge is 2.36. The summed E-state index contributed by atoms with van der Waals surface area (Å²) in [5.74, 6) is 0.744. The van der Waals surface area contributed by atoms with Crippen molar-refractivity contribution in [3.63, 3.8) is 0 Å². The molecule has 0 aromatic heterocycles. The van der Waals surface area contributed by atoms with Gasteiger partial charge < -0.3 is 14.8 Å². The first-order valence-corrected chi connectivity index (χ1v) is 9.99. The number of nitrogens with zero attached hydrogens (tertiary/aromatic N) is 1. The topological polar surface area (TPSA) is 67.9 Å². The molecule has 1 aliphatic heterocycles. The van der Waals surface area contributed by atoms with Gasteiger partial charge in [0.05, 0.1) is 20.3 Å². The zero-order valence-electron chi connectivity index (χ0n) is 14.6. The van der Waals surface area contributed by atoms with Gasteiger partial charge in [0.1, 0.15) is 16.4 Å². The summed E-state index contributed by atoms with van der Waals surface area (Å²) in [5.41, 5.74) is 0.843. The molecule has 26 heavy (non-hydrogen) atoms. The molecular weight excluding hydrogens is 376 g/mol. The molecule has 0 bridgehead atoms. The number of sulfonamides is 1. The molecule has 6 nitrogen and oxygen atoms in total. The fourth-order valence-electron chi connectivity index (χ4n) is 3.08. The normalized spacial score (nSPS) is 18.5. The number of rotatable bonds is 5. The van der Waals surface area contributed by atoms with E-state index in [0.29, 0.717) is 30.4 Å². The van der Waals surface area contributed by atoms with Crippen LogP contribution in [0.4, 0.5) is 0 Å². The number of nitrogens with one attached hydrogen (secondary N) is 1. The van der Waals surface area contributed by atoms with Crippen molar-refractivity contribution < 1.29 is 17.9 Å². The zero-order chi connectivity index (χ0) is 18.7. The van der Waals surface area contributed by atoms with E-state index in [4.69, 9.17) is 21.1 Å². The van der Waals surface area contributed by atoms with Crippen LogP contribution in [0.1, 0.15) is 11.6 Å². The lowest BCUT2D eigenvalue weighted by molar-refractivity contribution is 0.270. The Morgan fingerprint density at radius 1 is 1.15 bits per heavy atom. The first kappa shape index (κ1) is 19.0. The first-order chi connectivity index (χ1) is 12.5. The summed E-state index contributed by atoms with van der Waals surface area (Å²) in [6.45, 7) is 1.42. The van der Waals surface area contributed by atoms with Crippen LogP contribution in [0.3, 0.4) is 0 Å². The van der Waals surface area contributed by atoms with E-state index in [1.807, 2.05) is 12.1 Å². The smallest absolute Gasteiger partial charge is 0.247 e. The molecule has 0 aliphatic carbocycles. The van der Waals surface area contributed by atoms with Gasteiger partial charge in [0, 0.05) is 30.7 Å². The molecular formula is C18H21ClN2O4S. The molecule has 0 amide bonds. The van der Waals surface area contributed by atoms with Crippen molar-refractivity contribution >= 4 is 21.6 Å². The minimum absolute atomic E-state index is 0.0910. The molecule has 1 aliphatic rings. The zero-order valence-corrected chi connectivity index (χ0v) is 16.2. The van der Waals surface area contributed by atoms with Crippen molar-refractivity contribution in [1.29, 1.82) is 0 Å². The van der Waals surface area contributed by atoms with Gasteiger partial charge in [-0.3, -0.25) is 0 Å². The highest BCUT2D eigenvalue weighted by molar-refractivity contribution is 7.89. The van der Waals surface area contributed by atoms with Crippen LogP contribution in [0.2, 0.25) is 5.02 Å². The van der Waals surface area contributed by atoms with Crippen LogP contribution < -0.4 is 14.8 Å². The van der Waals surface area contributed by atoms with Gasteiger partial charge in [-0.15, -0.1) is 0 Å². The number of hydrogen-bond acceptors (Lipinski definition) is 5. The van der Waals surface area contributed by atoms with Gasteiger partial charge in [0.15, 0.2) is 0 Å². The monoisotopic (exact) mass is 396 g/mol. The molecule has 1 N–H and O–H groups in total. The van der Waals surface area contributed by atoms with Crippen LogP contribution >= 0.6 is 11.6 Å². The third kappa shape index (κ3) is 3.66. The summed E-state index contributed by atoms with van der Waals surface area (Å²) < 4.78 is 38.8. The van der Waals surface area contributed by atoms with Crippen molar-refractivity contribution in [3.05, 3.63) is 53.1 Å². The van der Waals surface area contributed by atoms with Crippen LogP contribution in [-0.4, -0.2) is 46.6 Å². The predicted octanol–water partition coefficient (Wildman–Crippen LogP) is 2.69. The lowest BCUT2D eigenvalue weighted by Gasteiger charge is -2.35. The van der Waals surface area contributed by atoms with Gasteiger partial charge >= 0.3 is 0 Å². The minimum Gasteiger partial charge on any atom is -0.497 e. The maximum atomic E-state index is 13.4. The van der Waals surface area contributed by atoms with Crippen LogP contribution in [0.25, 0.3) is 0 Å². The van der Waals surface area contributed by atoms with Gasteiger partial charge in [-0.25, -0.2) is 8.42 Å². The maximum Gasteiger partial charge on any atom is 0.247 e. The van der Waals surface area contributed by atoms with E-state index < -0.39 is 10.0 Å². The summed E-state index contributed by atoms with van der Waals surface area (Å²) in [6.07, 6.45) is 0. The Kier molecular flexibility index (Phi) is 5.72. The second-order valence-corrected chi connectivity index (χ2v) is 8.20. The lowest BCUT2D eigenvalue weighted by Crippen LogP contribution is -2.48. The maximum absolute atomic E-state index is 13.4. The average molecular weight is 397 g/mol. The molecule has 1 heterocycles. The largest absolute Gasteiger partial charge is 0.497 e. The quantitative estimate of drug-likeness (QED) is 0.841. The molecule has 1 fully saturated rings. The van der Waals surface area contributed by atoms with Gasteiger partial charge in [-0.1, -0.05) is 23.7 Å². The number of hydrogen-bond donors (Lipinski definition) is 1. The second kappa shape index (κ2) is 7.84. The molecule has 2 aromatic rings. The molecule has 0 saturated carbocycles. The molecule has 1 saturated heterocycles. The SMILES string of the molecule is COc1ccc(OC)c(S(=O)(=O)N2CCNCC2c2cccc(Cl)c2)c1. The van der Waals surface area contributed by atoms with Crippen LogP contribution in [0.5, 0.6) is 11.5 Å². The van der Waals surface area contributed by atoms with E-state index in [0.717, 1.165) is 5.56 Å². The third-order valence-electron chi connectivity index (χ3n) is 4.39. The van der Waals surface area contributed by atoms with Gasteiger partial charge in [-0.2, -0.15) is 4.31 Å². The Morgan fingerprint density at radius 2 is 1.96 bits per heavy atom. The van der Waals surface area contributed by atoms with Crippen LogP contribution in [0, 0.1) is 0 Å². The van der Waals surface area contributed by atoms with Crippen molar-refractivity contribution in [2.75, 3.05) is 33.9 Å². The molecule has 0 spiro atoms. The fraction of sp³-hybridized carbons (Fsp3) is 0.333. The lowest BCUT2D eigenvalue weighted by atomic mass is 10.1. The summed E-state index contributed by atoms with van der Waals surface area (Å²) in [6, 6.07) is 11.7. The summed E-state index contributed by atoms with van der Waals surface area (Å²) in [5, 5.41) is 3.83. The number of piperazine rings is 1. The van der Waals surface area contributed by atoms with E-state index in [2.05, 4.69) is 5.32 Å². The summed E-state index contributed by atoms with van der Waals surface area (Å²) >= 11 is 6.11. The molecule has 3 rings (SSSR count). The molecule has 1 atom stereocenters. The Balaban J connectivity index is 2.07. The Bertz CT molecular complexity index is 889. The predicted molar refractivity (Wildman–Crippen MR) is 101 cm³/mol. The standard InChI is InChI=1S/C18H21ClN2O4S/c1-24-15-6-7-17(25-2)18(11-15)26(22,23)21-9-8-20-12-16(21)13-4-3-5-14(19)10-13/h3-7,10-11,16,20H,8-9,12H2,1-2H3. The first-order valence-electron chi connectivity index (χ1n) is 8.17. The molecule has 2 aromatic carbocycles. The second-order valence-electron chi connectivity index (χ2n) is 5.91.